The molecular formula is C13H11Cl2NO. The van der Waals surface area contributed by atoms with Crippen LogP contribution in [0.5, 0.6) is 5.75 Å². The summed E-state index contributed by atoms with van der Waals surface area (Å²) in [6.45, 7) is 0.445. The minimum Gasteiger partial charge on any atom is -0.489 e. The Bertz CT molecular complexity index is 529. The van der Waals surface area contributed by atoms with Gasteiger partial charge in [-0.1, -0.05) is 35.3 Å². The molecule has 0 radical (unpaired) electrons. The molecule has 0 fully saturated rings. The van der Waals surface area contributed by atoms with Crippen LogP contribution in [0.4, 0.5) is 5.69 Å². The summed E-state index contributed by atoms with van der Waals surface area (Å²) < 4.78 is 5.58. The van der Waals surface area contributed by atoms with E-state index in [0.717, 1.165) is 5.56 Å². The lowest BCUT2D eigenvalue weighted by Gasteiger charge is -2.07. The number of hydrogen-bond acceptors (Lipinski definition) is 2. The molecule has 0 aliphatic rings. The maximum atomic E-state index is 5.89. The monoisotopic (exact) mass is 267 g/mol. The first-order valence-electron chi connectivity index (χ1n) is 5.07. The predicted octanol–water partition coefficient (Wildman–Crippen LogP) is 4.15. The summed E-state index contributed by atoms with van der Waals surface area (Å²) in [4.78, 5) is 0. The van der Waals surface area contributed by atoms with E-state index in [2.05, 4.69) is 0 Å². The van der Waals surface area contributed by atoms with Gasteiger partial charge in [0.2, 0.25) is 0 Å². The van der Waals surface area contributed by atoms with E-state index in [9.17, 15) is 0 Å². The molecule has 2 rings (SSSR count). The summed E-state index contributed by atoms with van der Waals surface area (Å²) in [6.07, 6.45) is 0. The molecule has 0 saturated heterocycles. The third-order valence-electron chi connectivity index (χ3n) is 2.27. The Balaban J connectivity index is 2.05. The van der Waals surface area contributed by atoms with Gasteiger partial charge < -0.3 is 10.5 Å². The highest BCUT2D eigenvalue weighted by molar-refractivity contribution is 6.33. The van der Waals surface area contributed by atoms with Gasteiger partial charge >= 0.3 is 0 Å². The van der Waals surface area contributed by atoms with Crippen LogP contribution in [0.1, 0.15) is 5.56 Å². The summed E-state index contributed by atoms with van der Waals surface area (Å²) in [5.41, 5.74) is 7.16. The van der Waals surface area contributed by atoms with Crippen molar-refractivity contribution in [1.29, 1.82) is 0 Å². The maximum absolute atomic E-state index is 5.89. The molecule has 0 aliphatic heterocycles. The Hall–Kier alpha value is -1.38. The van der Waals surface area contributed by atoms with E-state index in [1.807, 2.05) is 24.3 Å². The predicted molar refractivity (Wildman–Crippen MR) is 71.6 cm³/mol. The van der Waals surface area contributed by atoms with E-state index in [0.29, 0.717) is 28.1 Å². The Morgan fingerprint density at radius 3 is 2.59 bits per heavy atom. The summed E-state index contributed by atoms with van der Waals surface area (Å²) in [7, 11) is 0. The van der Waals surface area contributed by atoms with Crippen LogP contribution in [0, 0.1) is 0 Å². The summed E-state index contributed by atoms with van der Waals surface area (Å²) in [5, 5.41) is 1.19. The number of anilines is 1. The van der Waals surface area contributed by atoms with E-state index in [1.165, 1.54) is 0 Å². The molecule has 0 aromatic heterocycles. The number of benzene rings is 2. The van der Waals surface area contributed by atoms with Crippen LogP contribution >= 0.6 is 23.2 Å². The Labute approximate surface area is 110 Å². The highest BCUT2D eigenvalue weighted by Crippen LogP contribution is 2.24. The van der Waals surface area contributed by atoms with Crippen molar-refractivity contribution in [3.8, 4) is 5.75 Å². The second-order valence-corrected chi connectivity index (χ2v) is 4.45. The molecule has 2 aromatic carbocycles. The Morgan fingerprint density at radius 1 is 1.06 bits per heavy atom. The van der Waals surface area contributed by atoms with E-state index < -0.39 is 0 Å². The number of halogens is 2. The molecule has 2 aromatic rings. The second kappa shape index (κ2) is 5.30. The van der Waals surface area contributed by atoms with E-state index >= 15 is 0 Å². The van der Waals surface area contributed by atoms with E-state index in [-0.39, 0.29) is 0 Å². The minimum atomic E-state index is 0.445. The average molecular weight is 268 g/mol. The fraction of sp³-hybridized carbons (Fsp3) is 0.0769. The molecule has 0 heterocycles. The van der Waals surface area contributed by atoms with Crippen LogP contribution in [0.25, 0.3) is 0 Å². The fourth-order valence-corrected chi connectivity index (χ4v) is 1.77. The van der Waals surface area contributed by atoms with Crippen LogP contribution in [0.3, 0.4) is 0 Å². The molecule has 2 N–H and O–H groups in total. The van der Waals surface area contributed by atoms with Crippen molar-refractivity contribution in [2.75, 3.05) is 5.73 Å². The molecule has 88 valence electrons. The number of hydrogen-bond donors (Lipinski definition) is 1. The van der Waals surface area contributed by atoms with Crippen molar-refractivity contribution in [1.82, 2.24) is 0 Å². The number of nitrogens with two attached hydrogens (primary N) is 1. The molecule has 4 heteroatoms. The summed E-state index contributed by atoms with van der Waals surface area (Å²) in [6, 6.07) is 12.7. The van der Waals surface area contributed by atoms with Gasteiger partial charge in [0, 0.05) is 11.1 Å². The highest BCUT2D eigenvalue weighted by Gasteiger charge is 2.00. The van der Waals surface area contributed by atoms with Gasteiger partial charge in [0.25, 0.3) is 0 Å². The highest BCUT2D eigenvalue weighted by atomic mass is 35.5. The van der Waals surface area contributed by atoms with Gasteiger partial charge in [0.1, 0.15) is 12.4 Å². The van der Waals surface area contributed by atoms with Gasteiger partial charge in [-0.05, 0) is 29.8 Å². The fourth-order valence-electron chi connectivity index (χ4n) is 1.39. The number of ether oxygens (including phenoxy) is 1. The van der Waals surface area contributed by atoms with Crippen LogP contribution in [0.15, 0.2) is 42.5 Å². The van der Waals surface area contributed by atoms with E-state index in [1.54, 1.807) is 18.2 Å². The Kier molecular flexibility index (Phi) is 3.77. The third kappa shape index (κ3) is 3.29. The SMILES string of the molecule is Nc1ccc(OCc2cccc(Cl)c2)cc1Cl. The topological polar surface area (TPSA) is 35.2 Å². The molecule has 0 aliphatic carbocycles. The summed E-state index contributed by atoms with van der Waals surface area (Å²) in [5.74, 6) is 0.684. The zero-order valence-corrected chi connectivity index (χ0v) is 10.5. The molecule has 0 spiro atoms. The molecular weight excluding hydrogens is 257 g/mol. The van der Waals surface area contributed by atoms with Crippen molar-refractivity contribution in [2.24, 2.45) is 0 Å². The maximum Gasteiger partial charge on any atom is 0.121 e. The van der Waals surface area contributed by atoms with Crippen molar-refractivity contribution in [3.63, 3.8) is 0 Å². The van der Waals surface area contributed by atoms with Gasteiger partial charge in [-0.3, -0.25) is 0 Å². The van der Waals surface area contributed by atoms with Crippen LogP contribution in [-0.4, -0.2) is 0 Å². The average Bonchev–Trinajstić information content (AvgIpc) is 2.31. The van der Waals surface area contributed by atoms with Crippen LogP contribution < -0.4 is 10.5 Å². The summed E-state index contributed by atoms with van der Waals surface area (Å²) >= 11 is 11.8. The lowest BCUT2D eigenvalue weighted by atomic mass is 10.2. The van der Waals surface area contributed by atoms with Crippen LogP contribution in [-0.2, 0) is 6.61 Å². The molecule has 0 saturated carbocycles. The zero-order valence-electron chi connectivity index (χ0n) is 8.99. The van der Waals surface area contributed by atoms with Crippen LogP contribution in [0.2, 0.25) is 10.0 Å². The van der Waals surface area contributed by atoms with Gasteiger partial charge in [-0.2, -0.15) is 0 Å². The van der Waals surface area contributed by atoms with Crippen molar-refractivity contribution in [2.45, 2.75) is 6.61 Å². The number of rotatable bonds is 3. The lowest BCUT2D eigenvalue weighted by Crippen LogP contribution is -1.96. The first-order valence-corrected chi connectivity index (χ1v) is 5.83. The molecule has 0 amide bonds. The molecule has 0 bridgehead atoms. The smallest absolute Gasteiger partial charge is 0.121 e. The minimum absolute atomic E-state index is 0.445. The number of nitrogen functional groups attached to an aromatic ring is 1. The quantitative estimate of drug-likeness (QED) is 0.848. The molecule has 17 heavy (non-hydrogen) atoms. The van der Waals surface area contributed by atoms with Gasteiger partial charge in [0.05, 0.1) is 10.7 Å². The van der Waals surface area contributed by atoms with Gasteiger partial charge in [0.15, 0.2) is 0 Å². The van der Waals surface area contributed by atoms with Gasteiger partial charge in [-0.25, -0.2) is 0 Å². The standard InChI is InChI=1S/C13H11Cl2NO/c14-10-3-1-2-9(6-10)8-17-11-4-5-13(16)12(15)7-11/h1-7H,8,16H2. The first kappa shape index (κ1) is 12.1. The normalized spacial score (nSPS) is 10.2. The molecule has 2 nitrogen and oxygen atoms in total. The molecule has 0 unspecified atom stereocenters. The van der Waals surface area contributed by atoms with Gasteiger partial charge in [-0.15, -0.1) is 0 Å². The Morgan fingerprint density at radius 2 is 1.88 bits per heavy atom. The third-order valence-corrected chi connectivity index (χ3v) is 2.83. The van der Waals surface area contributed by atoms with E-state index in [4.69, 9.17) is 33.7 Å². The lowest BCUT2D eigenvalue weighted by molar-refractivity contribution is 0.306. The zero-order chi connectivity index (χ0) is 12.3. The second-order valence-electron chi connectivity index (χ2n) is 3.60. The first-order chi connectivity index (χ1) is 8.15. The van der Waals surface area contributed by atoms with Crippen molar-refractivity contribution in [3.05, 3.63) is 58.1 Å². The van der Waals surface area contributed by atoms with Crippen molar-refractivity contribution >= 4 is 28.9 Å². The molecule has 0 atom stereocenters. The largest absolute Gasteiger partial charge is 0.489 e. The van der Waals surface area contributed by atoms with Crippen molar-refractivity contribution < 1.29 is 4.74 Å².